The van der Waals surface area contributed by atoms with Gasteiger partial charge in [0, 0.05) is 31.6 Å². The van der Waals surface area contributed by atoms with Gasteiger partial charge < -0.3 is 24.1 Å². The number of nitrogens with one attached hydrogen (secondary N) is 1. The highest BCUT2D eigenvalue weighted by Gasteiger charge is 2.25. The van der Waals surface area contributed by atoms with Gasteiger partial charge in [-0.15, -0.1) is 12.4 Å². The van der Waals surface area contributed by atoms with Crippen LogP contribution >= 0.6 is 12.4 Å². The molecule has 154 valence electrons. The van der Waals surface area contributed by atoms with Crippen LogP contribution in [0, 0.1) is 0 Å². The van der Waals surface area contributed by atoms with Crippen LogP contribution in [0.1, 0.15) is 17.5 Å². The second kappa shape index (κ2) is 9.77. The predicted octanol–water partition coefficient (Wildman–Crippen LogP) is 2.23. The number of carbonyl (C=O) groups excluding carboxylic acids is 2. The van der Waals surface area contributed by atoms with Crippen LogP contribution < -0.4 is 10.1 Å². The van der Waals surface area contributed by atoms with Gasteiger partial charge in [0.1, 0.15) is 17.0 Å². The minimum absolute atomic E-state index is 0. The van der Waals surface area contributed by atoms with Gasteiger partial charge in [0.2, 0.25) is 11.7 Å². The normalized spacial score (nSPS) is 15.1. The van der Waals surface area contributed by atoms with Crippen molar-refractivity contribution in [2.24, 2.45) is 0 Å². The number of likely N-dealkylation sites (N-methyl/N-ethyl adjacent to an activating group) is 1. The molecule has 1 N–H and O–H groups in total. The Hall–Kier alpha value is -2.29. The summed E-state index contributed by atoms with van der Waals surface area (Å²) in [7, 11) is 3.62. The monoisotopic (exact) mass is 411 g/mol. The smallest absolute Gasteiger partial charge is 0.376 e. The van der Waals surface area contributed by atoms with E-state index in [1.54, 1.807) is 32.2 Å². The number of carbonyl (C=O) groups is 2. The van der Waals surface area contributed by atoms with Gasteiger partial charge in [-0.2, -0.15) is 0 Å². The summed E-state index contributed by atoms with van der Waals surface area (Å²) >= 11 is 0. The summed E-state index contributed by atoms with van der Waals surface area (Å²) in [6, 6.07) is 5.16. The Labute approximate surface area is 170 Å². The minimum atomic E-state index is -0.609. The average Bonchev–Trinajstić information content (AvgIpc) is 3.01. The van der Waals surface area contributed by atoms with Crippen LogP contribution in [0.3, 0.4) is 0 Å². The van der Waals surface area contributed by atoms with Crippen LogP contribution in [0.4, 0.5) is 5.69 Å². The van der Waals surface area contributed by atoms with Gasteiger partial charge in [-0.1, -0.05) is 0 Å². The second-order valence-electron chi connectivity index (χ2n) is 6.52. The Morgan fingerprint density at radius 1 is 1.21 bits per heavy atom. The summed E-state index contributed by atoms with van der Waals surface area (Å²) < 4.78 is 16.0. The number of benzene rings is 1. The number of halogens is 1. The molecule has 0 saturated carbocycles. The van der Waals surface area contributed by atoms with Crippen molar-refractivity contribution in [2.75, 3.05) is 58.8 Å². The molecule has 0 radical (unpaired) electrons. The standard InChI is InChI=1S/C19H25N3O5.ClH/c1-4-26-19(24)18-17(14-11-13(25-3)5-6-15(14)27-18)20-16(23)12-22-9-7-21(2)8-10-22;/h5-6,11H,4,7-10,12H2,1-3H3,(H,20,23);1H. The summed E-state index contributed by atoms with van der Waals surface area (Å²) in [5, 5.41) is 3.44. The van der Waals surface area contributed by atoms with Crippen molar-refractivity contribution < 1.29 is 23.5 Å². The SMILES string of the molecule is CCOC(=O)c1oc2ccc(OC)cc2c1NC(=O)CN1CCN(C)CC1.Cl. The molecule has 2 aromatic rings. The molecule has 0 bridgehead atoms. The van der Waals surface area contributed by atoms with E-state index >= 15 is 0 Å². The third-order valence-corrected chi connectivity index (χ3v) is 4.58. The first-order chi connectivity index (χ1) is 13.0. The lowest BCUT2D eigenvalue weighted by Crippen LogP contribution is -2.47. The third kappa shape index (κ3) is 4.95. The van der Waals surface area contributed by atoms with Crippen LogP contribution in [-0.4, -0.2) is 75.2 Å². The van der Waals surface area contributed by atoms with Crippen LogP contribution in [0.25, 0.3) is 11.0 Å². The largest absolute Gasteiger partial charge is 0.497 e. The number of anilines is 1. The van der Waals surface area contributed by atoms with E-state index in [9.17, 15) is 9.59 Å². The molecule has 9 heteroatoms. The van der Waals surface area contributed by atoms with E-state index in [-0.39, 0.29) is 37.2 Å². The van der Waals surface area contributed by atoms with E-state index in [1.807, 2.05) is 0 Å². The van der Waals surface area contributed by atoms with E-state index in [4.69, 9.17) is 13.9 Å². The first kappa shape index (κ1) is 22.0. The molecule has 1 amide bonds. The van der Waals surface area contributed by atoms with Gasteiger partial charge in [0.05, 0.1) is 20.3 Å². The summed E-state index contributed by atoms with van der Waals surface area (Å²) in [6.45, 7) is 5.69. The van der Waals surface area contributed by atoms with Crippen molar-refractivity contribution in [3.8, 4) is 5.75 Å². The molecule has 1 fully saturated rings. The Bertz CT molecular complexity index is 830. The van der Waals surface area contributed by atoms with Crippen molar-refractivity contribution in [2.45, 2.75) is 6.92 Å². The second-order valence-corrected chi connectivity index (χ2v) is 6.52. The Morgan fingerprint density at radius 2 is 1.93 bits per heavy atom. The molecule has 1 aromatic carbocycles. The van der Waals surface area contributed by atoms with Crippen LogP contribution in [-0.2, 0) is 9.53 Å². The molecule has 0 aliphatic carbocycles. The fourth-order valence-electron chi connectivity index (χ4n) is 3.06. The Morgan fingerprint density at radius 3 is 2.57 bits per heavy atom. The van der Waals surface area contributed by atoms with Crippen LogP contribution in [0.15, 0.2) is 22.6 Å². The molecule has 3 rings (SSSR count). The maximum Gasteiger partial charge on any atom is 0.376 e. The molecule has 1 aromatic heterocycles. The lowest BCUT2D eigenvalue weighted by molar-refractivity contribution is -0.117. The number of rotatable bonds is 6. The molecular weight excluding hydrogens is 386 g/mol. The van der Waals surface area contributed by atoms with E-state index in [0.717, 1.165) is 26.2 Å². The van der Waals surface area contributed by atoms with E-state index in [2.05, 4.69) is 22.2 Å². The highest BCUT2D eigenvalue weighted by molar-refractivity contribution is 6.10. The molecular formula is C19H26ClN3O5. The molecule has 0 atom stereocenters. The molecule has 1 saturated heterocycles. The number of furan rings is 1. The number of amides is 1. The van der Waals surface area contributed by atoms with Crippen molar-refractivity contribution in [1.82, 2.24) is 9.80 Å². The summed E-state index contributed by atoms with van der Waals surface area (Å²) in [6.07, 6.45) is 0. The molecule has 1 aliphatic rings. The first-order valence-corrected chi connectivity index (χ1v) is 9.00. The lowest BCUT2D eigenvalue weighted by Gasteiger charge is -2.31. The van der Waals surface area contributed by atoms with Gasteiger partial charge >= 0.3 is 5.97 Å². The van der Waals surface area contributed by atoms with E-state index in [0.29, 0.717) is 22.4 Å². The van der Waals surface area contributed by atoms with Gasteiger partial charge in [-0.3, -0.25) is 9.69 Å². The van der Waals surface area contributed by atoms with Crippen LogP contribution in [0.5, 0.6) is 5.75 Å². The Kier molecular flexibility index (Phi) is 7.68. The van der Waals surface area contributed by atoms with Gasteiger partial charge in [-0.25, -0.2) is 4.79 Å². The van der Waals surface area contributed by atoms with Gasteiger partial charge in [0.25, 0.3) is 0 Å². The van der Waals surface area contributed by atoms with Crippen LogP contribution in [0.2, 0.25) is 0 Å². The number of hydrogen-bond acceptors (Lipinski definition) is 7. The number of fused-ring (bicyclic) bond motifs is 1. The van der Waals surface area contributed by atoms with Gasteiger partial charge in [0.15, 0.2) is 0 Å². The maximum absolute atomic E-state index is 12.6. The minimum Gasteiger partial charge on any atom is -0.497 e. The zero-order valence-electron chi connectivity index (χ0n) is 16.3. The number of esters is 1. The van der Waals surface area contributed by atoms with E-state index in [1.165, 1.54) is 0 Å². The zero-order chi connectivity index (χ0) is 19.4. The number of piperazine rings is 1. The fourth-order valence-corrected chi connectivity index (χ4v) is 3.06. The lowest BCUT2D eigenvalue weighted by atomic mass is 10.2. The number of nitrogens with zero attached hydrogens (tertiary/aromatic N) is 2. The van der Waals surface area contributed by atoms with Crippen molar-refractivity contribution in [1.29, 1.82) is 0 Å². The third-order valence-electron chi connectivity index (χ3n) is 4.58. The molecule has 2 heterocycles. The summed E-state index contributed by atoms with van der Waals surface area (Å²) in [5.41, 5.74) is 0.801. The quantitative estimate of drug-likeness (QED) is 0.729. The average molecular weight is 412 g/mol. The highest BCUT2D eigenvalue weighted by atomic mass is 35.5. The first-order valence-electron chi connectivity index (χ1n) is 9.00. The Balaban J connectivity index is 0.00000280. The number of methoxy groups -OCH3 is 1. The molecule has 1 aliphatic heterocycles. The molecule has 28 heavy (non-hydrogen) atoms. The topological polar surface area (TPSA) is 84.2 Å². The molecule has 0 unspecified atom stereocenters. The molecule has 0 spiro atoms. The predicted molar refractivity (Wildman–Crippen MR) is 109 cm³/mol. The van der Waals surface area contributed by atoms with Crippen molar-refractivity contribution >= 4 is 40.9 Å². The zero-order valence-corrected chi connectivity index (χ0v) is 17.1. The number of hydrogen-bond donors (Lipinski definition) is 1. The molecule has 8 nitrogen and oxygen atoms in total. The van der Waals surface area contributed by atoms with Crippen molar-refractivity contribution in [3.63, 3.8) is 0 Å². The summed E-state index contributed by atoms with van der Waals surface area (Å²) in [5.74, 6) is -0.210. The van der Waals surface area contributed by atoms with E-state index < -0.39 is 5.97 Å². The fraction of sp³-hybridized carbons (Fsp3) is 0.474. The number of ether oxygens (including phenoxy) is 2. The van der Waals surface area contributed by atoms with Crippen molar-refractivity contribution in [3.05, 3.63) is 24.0 Å². The highest BCUT2D eigenvalue weighted by Crippen LogP contribution is 2.34. The van der Waals surface area contributed by atoms with Gasteiger partial charge in [-0.05, 0) is 32.2 Å². The summed E-state index contributed by atoms with van der Waals surface area (Å²) in [4.78, 5) is 29.2. The maximum atomic E-state index is 12.6.